The molecule has 0 atom stereocenters. The first-order valence-electron chi connectivity index (χ1n) is 7.73. The number of hydrogen-bond donors (Lipinski definition) is 3. The second kappa shape index (κ2) is 12.3. The number of rotatable bonds is 10. The number of nitrogens with one attached hydrogen (secondary N) is 2. The van der Waals surface area contributed by atoms with Crippen LogP contribution < -0.4 is 15.8 Å². The van der Waals surface area contributed by atoms with Crippen molar-refractivity contribution in [2.75, 3.05) is 25.4 Å². The average Bonchev–Trinajstić information content (AvgIpc) is 2.35. The Balaban J connectivity index is 0. The van der Waals surface area contributed by atoms with E-state index in [0.29, 0.717) is 12.5 Å². The molecule has 0 aliphatic heterocycles. The van der Waals surface area contributed by atoms with Crippen molar-refractivity contribution in [2.45, 2.75) is 53.4 Å². The Morgan fingerprint density at radius 1 is 1.18 bits per heavy atom. The topological polar surface area (TPSA) is 96.6 Å². The van der Waals surface area contributed by atoms with E-state index >= 15 is 0 Å². The predicted molar refractivity (Wildman–Crippen MR) is 105 cm³/mol. The number of nitrogens with two attached hydrogens (primary N) is 1. The lowest BCUT2D eigenvalue weighted by molar-refractivity contribution is 0.332. The summed E-state index contributed by atoms with van der Waals surface area (Å²) in [7, 11) is -3.44. The van der Waals surface area contributed by atoms with E-state index in [9.17, 15) is 8.42 Å². The Labute approximate surface area is 153 Å². The van der Waals surface area contributed by atoms with Crippen LogP contribution in [0.2, 0.25) is 0 Å². The van der Waals surface area contributed by atoms with Gasteiger partial charge in [-0.2, -0.15) is 0 Å². The summed E-state index contributed by atoms with van der Waals surface area (Å²) < 4.78 is 21.8. The van der Waals surface area contributed by atoms with E-state index in [1.165, 1.54) is 19.3 Å². The van der Waals surface area contributed by atoms with E-state index in [0.717, 1.165) is 13.0 Å². The largest absolute Gasteiger partial charge is 0.357 e. The Morgan fingerprint density at radius 3 is 2.32 bits per heavy atom. The predicted octanol–water partition coefficient (Wildman–Crippen LogP) is 2.05. The third kappa shape index (κ3) is 14.8. The van der Waals surface area contributed by atoms with Crippen molar-refractivity contribution in [3.05, 3.63) is 0 Å². The van der Waals surface area contributed by atoms with Gasteiger partial charge in [-0.3, -0.25) is 4.99 Å². The molecule has 4 N–H and O–H groups in total. The van der Waals surface area contributed by atoms with Gasteiger partial charge in [0.2, 0.25) is 10.0 Å². The molecule has 0 bridgehead atoms. The van der Waals surface area contributed by atoms with Gasteiger partial charge >= 0.3 is 0 Å². The van der Waals surface area contributed by atoms with E-state index < -0.39 is 10.0 Å². The van der Waals surface area contributed by atoms with Gasteiger partial charge in [-0.25, -0.2) is 13.6 Å². The lowest BCUT2D eigenvalue weighted by Gasteiger charge is -2.23. The number of nitrogens with zero attached hydrogens (tertiary/aromatic N) is 1. The molecule has 0 saturated carbocycles. The molecule has 6 nitrogen and oxygen atoms in total. The van der Waals surface area contributed by atoms with Gasteiger partial charge in [0.1, 0.15) is 0 Å². The maximum atomic E-state index is 10.9. The first kappa shape index (κ1) is 24.2. The number of halogens is 1. The van der Waals surface area contributed by atoms with Crippen LogP contribution in [0.1, 0.15) is 53.4 Å². The van der Waals surface area contributed by atoms with Gasteiger partial charge in [-0.15, -0.1) is 24.0 Å². The lowest BCUT2D eigenvalue weighted by atomic mass is 9.87. The van der Waals surface area contributed by atoms with Crippen molar-refractivity contribution in [1.82, 2.24) is 10.6 Å². The van der Waals surface area contributed by atoms with Gasteiger partial charge < -0.3 is 10.6 Å². The second-order valence-corrected chi connectivity index (χ2v) is 7.84. The Morgan fingerprint density at radius 2 is 1.82 bits per heavy atom. The van der Waals surface area contributed by atoms with E-state index in [1.54, 1.807) is 0 Å². The van der Waals surface area contributed by atoms with Crippen LogP contribution in [0, 0.1) is 5.41 Å². The van der Waals surface area contributed by atoms with Gasteiger partial charge in [0.25, 0.3) is 0 Å². The molecular formula is C14H33IN4O2S. The molecular weight excluding hydrogens is 415 g/mol. The molecule has 8 heteroatoms. The molecule has 0 rings (SSSR count). The number of sulfonamides is 1. The van der Waals surface area contributed by atoms with Crippen LogP contribution >= 0.6 is 24.0 Å². The van der Waals surface area contributed by atoms with Gasteiger partial charge in [0, 0.05) is 19.6 Å². The molecule has 0 amide bonds. The first-order valence-corrected chi connectivity index (χ1v) is 9.44. The maximum Gasteiger partial charge on any atom is 0.210 e. The number of aliphatic imine (C=N–C) groups is 1. The summed E-state index contributed by atoms with van der Waals surface area (Å²) in [6.45, 7) is 10.3. The number of hydrogen-bond acceptors (Lipinski definition) is 3. The lowest BCUT2D eigenvalue weighted by Crippen LogP contribution is -2.41. The number of guanidine groups is 1. The minimum Gasteiger partial charge on any atom is -0.357 e. The number of unbranched alkanes of at least 4 members (excludes halogenated alkanes) is 2. The molecule has 0 aromatic carbocycles. The van der Waals surface area contributed by atoms with Gasteiger partial charge in [-0.05, 0) is 18.8 Å². The van der Waals surface area contributed by atoms with E-state index in [1.807, 2.05) is 6.92 Å². The summed E-state index contributed by atoms with van der Waals surface area (Å²) in [5.74, 6) is 0.543. The third-order valence-corrected chi connectivity index (χ3v) is 3.92. The normalized spacial score (nSPS) is 12.7. The van der Waals surface area contributed by atoms with Crippen LogP contribution in [0.5, 0.6) is 0 Å². The fraction of sp³-hybridized carbons (Fsp3) is 0.929. The molecule has 0 aliphatic rings. The standard InChI is InChI=1S/C14H32N4O2S.HI/c1-5-7-8-9-14(3,4)12-18-13(16-6-2)17-10-11-21(15,19)20;/h5-12H2,1-4H3,(H2,15,19,20)(H2,16,17,18);1H. The van der Waals surface area contributed by atoms with Crippen molar-refractivity contribution in [3.63, 3.8) is 0 Å². The van der Waals surface area contributed by atoms with E-state index in [4.69, 9.17) is 5.14 Å². The molecule has 0 aliphatic carbocycles. The summed E-state index contributed by atoms with van der Waals surface area (Å²) in [5.41, 5.74) is 0.150. The minimum atomic E-state index is -3.44. The van der Waals surface area contributed by atoms with Crippen LogP contribution in [0.25, 0.3) is 0 Å². The molecule has 0 radical (unpaired) electrons. The molecule has 0 aromatic heterocycles. The van der Waals surface area contributed by atoms with Crippen LogP contribution in [0.4, 0.5) is 0 Å². The fourth-order valence-corrected chi connectivity index (χ4v) is 2.27. The third-order valence-electron chi connectivity index (χ3n) is 3.15. The van der Waals surface area contributed by atoms with Gasteiger partial charge in [-0.1, -0.05) is 40.0 Å². The summed E-state index contributed by atoms with van der Waals surface area (Å²) in [4.78, 5) is 4.54. The smallest absolute Gasteiger partial charge is 0.210 e. The summed E-state index contributed by atoms with van der Waals surface area (Å²) in [5, 5.41) is 11.1. The van der Waals surface area contributed by atoms with Gasteiger partial charge in [0.15, 0.2) is 5.96 Å². The average molecular weight is 448 g/mol. The fourth-order valence-electron chi connectivity index (χ4n) is 1.88. The monoisotopic (exact) mass is 448 g/mol. The first-order chi connectivity index (χ1) is 9.70. The van der Waals surface area contributed by atoms with Crippen LogP contribution in [0.3, 0.4) is 0 Å². The summed E-state index contributed by atoms with van der Waals surface area (Å²) in [6.07, 6.45) is 4.83. The quantitative estimate of drug-likeness (QED) is 0.206. The highest BCUT2D eigenvalue weighted by Gasteiger charge is 2.17. The summed E-state index contributed by atoms with van der Waals surface area (Å²) >= 11 is 0. The van der Waals surface area contributed by atoms with Crippen molar-refractivity contribution in [1.29, 1.82) is 0 Å². The highest BCUT2D eigenvalue weighted by atomic mass is 127. The van der Waals surface area contributed by atoms with E-state index in [2.05, 4.69) is 36.4 Å². The van der Waals surface area contributed by atoms with Crippen molar-refractivity contribution in [2.24, 2.45) is 15.5 Å². The molecule has 0 fully saturated rings. The molecule has 0 unspecified atom stereocenters. The highest BCUT2D eigenvalue weighted by molar-refractivity contribution is 14.0. The SMILES string of the molecule is CCCCCC(C)(C)CN=C(NCC)NCCS(N)(=O)=O.I. The molecule has 0 spiro atoms. The second-order valence-electron chi connectivity index (χ2n) is 6.11. The van der Waals surface area contributed by atoms with Crippen LogP contribution in [-0.4, -0.2) is 39.8 Å². The highest BCUT2D eigenvalue weighted by Crippen LogP contribution is 2.23. The zero-order valence-corrected chi connectivity index (χ0v) is 17.5. The molecule has 0 aromatic rings. The van der Waals surface area contributed by atoms with E-state index in [-0.39, 0.29) is 41.7 Å². The van der Waals surface area contributed by atoms with Crippen molar-refractivity contribution < 1.29 is 8.42 Å². The zero-order chi connectivity index (χ0) is 16.4. The molecule has 134 valence electrons. The van der Waals surface area contributed by atoms with Crippen LogP contribution in [-0.2, 0) is 10.0 Å². The van der Waals surface area contributed by atoms with Crippen molar-refractivity contribution in [3.8, 4) is 0 Å². The minimum absolute atomic E-state index is 0. The molecule has 0 heterocycles. The molecule has 22 heavy (non-hydrogen) atoms. The Bertz CT molecular complexity index is 411. The summed E-state index contributed by atoms with van der Waals surface area (Å²) in [6, 6.07) is 0. The zero-order valence-electron chi connectivity index (χ0n) is 14.3. The van der Waals surface area contributed by atoms with Gasteiger partial charge in [0.05, 0.1) is 5.75 Å². The maximum absolute atomic E-state index is 10.9. The van der Waals surface area contributed by atoms with Crippen LogP contribution in [0.15, 0.2) is 4.99 Å². The number of primary sulfonamides is 1. The Kier molecular flexibility index (Phi) is 13.6. The Hall–Kier alpha value is -0.0900. The van der Waals surface area contributed by atoms with Crippen molar-refractivity contribution >= 4 is 40.0 Å². The molecule has 0 saturated heterocycles.